The lowest BCUT2D eigenvalue weighted by molar-refractivity contribution is 0.251. The Bertz CT molecular complexity index is 335. The first kappa shape index (κ1) is 14.6. The molecular weight excluding hydrogens is 244 g/mol. The summed E-state index contributed by atoms with van der Waals surface area (Å²) in [7, 11) is 0.289. The summed E-state index contributed by atoms with van der Waals surface area (Å²) in [5.74, 6) is 0. The highest BCUT2D eigenvalue weighted by Crippen LogP contribution is 2.21. The summed E-state index contributed by atoms with van der Waals surface area (Å²) in [6.07, 6.45) is 0. The van der Waals surface area contributed by atoms with Crippen molar-refractivity contribution >= 4 is 21.8 Å². The van der Waals surface area contributed by atoms with Crippen molar-refractivity contribution in [3.05, 3.63) is 30.3 Å². The van der Waals surface area contributed by atoms with E-state index in [1.54, 1.807) is 14.2 Å². The molecule has 0 aliphatic heterocycles. The Morgan fingerprint density at radius 3 is 1.88 bits per heavy atom. The molecule has 0 aliphatic carbocycles. The van der Waals surface area contributed by atoms with E-state index in [1.165, 1.54) is 11.2 Å². The zero-order valence-electron chi connectivity index (χ0n) is 11.6. The van der Waals surface area contributed by atoms with Crippen LogP contribution < -0.4 is 5.19 Å². The summed E-state index contributed by atoms with van der Waals surface area (Å²) in [6.45, 7) is 6.98. The van der Waals surface area contributed by atoms with Crippen molar-refractivity contribution in [2.24, 2.45) is 0 Å². The fourth-order valence-corrected chi connectivity index (χ4v) is 8.14. The summed E-state index contributed by atoms with van der Waals surface area (Å²) in [5, 5.41) is 1.52. The topological polar surface area (TPSA) is 18.5 Å². The minimum atomic E-state index is -1.91. The average Bonchev–Trinajstić information content (AvgIpc) is 2.37. The molecule has 0 radical (unpaired) electrons. The maximum absolute atomic E-state index is 5.56. The molecule has 0 bridgehead atoms. The Hall–Kier alpha value is -0.426. The number of hydrogen-bond donors (Lipinski definition) is 0. The molecule has 0 aromatic heterocycles. The predicted octanol–water partition coefficient (Wildman–Crippen LogP) is 2.97. The van der Waals surface area contributed by atoms with Crippen LogP contribution in [0.25, 0.3) is 0 Å². The molecule has 1 aromatic rings. The van der Waals surface area contributed by atoms with Gasteiger partial charge in [-0.1, -0.05) is 54.7 Å². The van der Waals surface area contributed by atoms with E-state index >= 15 is 0 Å². The van der Waals surface area contributed by atoms with Gasteiger partial charge in [-0.15, -0.1) is 0 Å². The third kappa shape index (κ3) is 4.06. The largest absolute Gasteiger partial charge is 0.398 e. The minimum Gasteiger partial charge on any atom is -0.398 e. The lowest BCUT2D eigenvalue weighted by atomic mass is 10.4. The molecule has 0 spiro atoms. The first-order valence-electron chi connectivity index (χ1n) is 6.09. The third-order valence-corrected chi connectivity index (χ3v) is 10.4. The van der Waals surface area contributed by atoms with Gasteiger partial charge in [0.25, 0.3) is 0 Å². The first-order valence-corrected chi connectivity index (χ1v) is 11.8. The maximum atomic E-state index is 5.56. The second kappa shape index (κ2) is 5.95. The monoisotopic (exact) mass is 268 g/mol. The van der Waals surface area contributed by atoms with Crippen LogP contribution >= 0.6 is 0 Å². The Kier molecular flexibility index (Phi) is 5.12. The molecule has 4 heteroatoms. The summed E-state index contributed by atoms with van der Waals surface area (Å²) in [6, 6.07) is 13.2. The van der Waals surface area contributed by atoms with Gasteiger partial charge in [0.15, 0.2) is 0 Å². The van der Waals surface area contributed by atoms with Crippen LogP contribution in [0.4, 0.5) is 0 Å². The van der Waals surface area contributed by atoms with E-state index < -0.39 is 16.6 Å². The van der Waals surface area contributed by atoms with E-state index in [1.807, 2.05) is 0 Å². The van der Waals surface area contributed by atoms with Gasteiger partial charge in [-0.3, -0.25) is 0 Å². The lowest BCUT2D eigenvalue weighted by Crippen LogP contribution is -2.45. The molecule has 0 heterocycles. The second-order valence-electron chi connectivity index (χ2n) is 5.29. The van der Waals surface area contributed by atoms with Gasteiger partial charge in [-0.05, 0) is 12.6 Å². The lowest BCUT2D eigenvalue weighted by Gasteiger charge is -2.28. The van der Waals surface area contributed by atoms with Gasteiger partial charge in [-0.2, -0.15) is 0 Å². The van der Waals surface area contributed by atoms with E-state index in [0.29, 0.717) is 0 Å². The number of hydrogen-bond acceptors (Lipinski definition) is 2. The maximum Gasteiger partial charge on any atom is 0.334 e. The summed E-state index contributed by atoms with van der Waals surface area (Å²) in [5.41, 5.74) is 0. The molecule has 1 rings (SSSR count). The highest BCUT2D eigenvalue weighted by Gasteiger charge is 2.33. The van der Waals surface area contributed by atoms with Crippen molar-refractivity contribution in [3.8, 4) is 0 Å². The predicted molar refractivity (Wildman–Crippen MR) is 78.8 cm³/mol. The van der Waals surface area contributed by atoms with Gasteiger partial charge >= 0.3 is 8.56 Å². The molecule has 0 unspecified atom stereocenters. The molecule has 0 atom stereocenters. The average molecular weight is 269 g/mol. The standard InChI is InChI=1S/C13H24O2Si2/c1-14-17(5,15-2)12-11-16(3,4)13-9-7-6-8-10-13/h6-10H,11-12H2,1-5H3. The fourth-order valence-electron chi connectivity index (χ4n) is 1.86. The highest BCUT2D eigenvalue weighted by atomic mass is 28.4. The molecule has 0 aliphatic rings. The van der Waals surface area contributed by atoms with Gasteiger partial charge in [0.05, 0.1) is 8.07 Å². The van der Waals surface area contributed by atoms with Crippen molar-refractivity contribution in [2.75, 3.05) is 14.2 Å². The van der Waals surface area contributed by atoms with Crippen LogP contribution in [0.15, 0.2) is 30.3 Å². The van der Waals surface area contributed by atoms with Crippen LogP contribution in [0.5, 0.6) is 0 Å². The molecule has 2 nitrogen and oxygen atoms in total. The van der Waals surface area contributed by atoms with Gasteiger partial charge in [0, 0.05) is 14.2 Å². The van der Waals surface area contributed by atoms with Gasteiger partial charge in [0.2, 0.25) is 0 Å². The van der Waals surface area contributed by atoms with Crippen molar-refractivity contribution in [2.45, 2.75) is 31.7 Å². The molecule has 96 valence electrons. The van der Waals surface area contributed by atoms with Crippen LogP contribution in [-0.4, -0.2) is 30.9 Å². The number of benzene rings is 1. The Morgan fingerprint density at radius 2 is 1.41 bits per heavy atom. The Balaban J connectivity index is 2.68. The van der Waals surface area contributed by atoms with E-state index in [2.05, 4.69) is 50.0 Å². The Labute approximate surface area is 107 Å². The molecular formula is C13H24O2Si2. The van der Waals surface area contributed by atoms with Crippen LogP contribution in [0.2, 0.25) is 31.7 Å². The zero-order chi connectivity index (χ0) is 12.9. The molecule has 0 saturated carbocycles. The fraction of sp³-hybridized carbons (Fsp3) is 0.538. The van der Waals surface area contributed by atoms with E-state index in [9.17, 15) is 0 Å². The normalized spacial score (nSPS) is 12.8. The minimum absolute atomic E-state index is 1.08. The number of rotatable bonds is 6. The molecule has 0 N–H and O–H groups in total. The van der Waals surface area contributed by atoms with Crippen molar-refractivity contribution in [1.29, 1.82) is 0 Å². The molecule has 17 heavy (non-hydrogen) atoms. The summed E-state index contributed by atoms with van der Waals surface area (Å²) >= 11 is 0. The van der Waals surface area contributed by atoms with Crippen LogP contribution in [0.1, 0.15) is 0 Å². The summed E-state index contributed by atoms with van der Waals surface area (Å²) in [4.78, 5) is 0. The van der Waals surface area contributed by atoms with Crippen molar-refractivity contribution in [3.63, 3.8) is 0 Å². The second-order valence-corrected chi connectivity index (χ2v) is 13.7. The third-order valence-electron chi connectivity index (χ3n) is 3.62. The van der Waals surface area contributed by atoms with Gasteiger partial charge in [-0.25, -0.2) is 0 Å². The van der Waals surface area contributed by atoms with Crippen LogP contribution in [0, 0.1) is 0 Å². The smallest absolute Gasteiger partial charge is 0.334 e. The quantitative estimate of drug-likeness (QED) is 0.739. The van der Waals surface area contributed by atoms with Crippen LogP contribution in [-0.2, 0) is 8.85 Å². The van der Waals surface area contributed by atoms with E-state index in [0.717, 1.165) is 6.04 Å². The summed E-state index contributed by atoms with van der Waals surface area (Å²) < 4.78 is 11.1. The van der Waals surface area contributed by atoms with Crippen molar-refractivity contribution < 1.29 is 8.85 Å². The molecule has 0 fully saturated rings. The van der Waals surface area contributed by atoms with Crippen LogP contribution in [0.3, 0.4) is 0 Å². The van der Waals surface area contributed by atoms with Gasteiger partial charge in [0.1, 0.15) is 0 Å². The van der Waals surface area contributed by atoms with E-state index in [-0.39, 0.29) is 0 Å². The molecule has 0 amide bonds. The van der Waals surface area contributed by atoms with E-state index in [4.69, 9.17) is 8.85 Å². The van der Waals surface area contributed by atoms with Crippen molar-refractivity contribution in [1.82, 2.24) is 0 Å². The van der Waals surface area contributed by atoms with Gasteiger partial charge < -0.3 is 8.85 Å². The molecule has 1 aromatic carbocycles. The molecule has 0 saturated heterocycles. The Morgan fingerprint density at radius 1 is 0.882 bits per heavy atom. The first-order chi connectivity index (χ1) is 7.93. The SMILES string of the molecule is CO[Si](C)(CC[Si](C)(C)c1ccccc1)OC. The zero-order valence-corrected chi connectivity index (χ0v) is 13.6. The highest BCUT2D eigenvalue weighted by molar-refractivity contribution is 6.90.